The lowest BCUT2D eigenvalue weighted by Crippen LogP contribution is -2.28. The summed E-state index contributed by atoms with van der Waals surface area (Å²) < 4.78 is 5.24. The molecular weight excluding hydrogens is 162 g/mol. The highest BCUT2D eigenvalue weighted by molar-refractivity contribution is 5.00. The fraction of sp³-hybridized carbons (Fsp3) is 0.636. The molecule has 0 saturated carbocycles. The molecule has 74 valence electrons. The third-order valence-electron chi connectivity index (χ3n) is 1.92. The van der Waals surface area contributed by atoms with E-state index in [1.165, 1.54) is 0 Å². The molecule has 2 heteroatoms. The molecule has 0 spiro atoms. The molecule has 0 aliphatic heterocycles. The van der Waals surface area contributed by atoms with Gasteiger partial charge in [0.25, 0.3) is 0 Å². The van der Waals surface area contributed by atoms with Crippen molar-refractivity contribution in [1.29, 1.82) is 0 Å². The molecule has 0 aliphatic rings. The Hall–Kier alpha value is -0.760. The summed E-state index contributed by atoms with van der Waals surface area (Å²) in [7, 11) is 0. The highest BCUT2D eigenvalue weighted by Gasteiger charge is 2.16. The van der Waals surface area contributed by atoms with E-state index in [0.29, 0.717) is 5.41 Å². The Morgan fingerprint density at radius 1 is 1.46 bits per heavy atom. The van der Waals surface area contributed by atoms with E-state index in [0.717, 1.165) is 18.6 Å². The van der Waals surface area contributed by atoms with Gasteiger partial charge in [0.1, 0.15) is 5.76 Å². The number of hydrogen-bond donors (Lipinski definition) is 1. The molecule has 0 aromatic carbocycles. The Kier molecular flexibility index (Phi) is 3.15. The number of nitrogens with two attached hydrogens (primary N) is 1. The summed E-state index contributed by atoms with van der Waals surface area (Å²) in [6.07, 6.45) is 3.55. The van der Waals surface area contributed by atoms with Gasteiger partial charge in [-0.05, 0) is 24.0 Å². The fourth-order valence-corrected chi connectivity index (χ4v) is 1.55. The minimum absolute atomic E-state index is 0.200. The predicted molar refractivity (Wildman–Crippen MR) is 54.5 cm³/mol. The Morgan fingerprint density at radius 2 is 2.15 bits per heavy atom. The molecule has 1 aromatic rings. The van der Waals surface area contributed by atoms with Crippen LogP contribution in [0.1, 0.15) is 33.0 Å². The summed E-state index contributed by atoms with van der Waals surface area (Å²) in [5.74, 6) is 0.983. The van der Waals surface area contributed by atoms with Crippen molar-refractivity contribution in [1.82, 2.24) is 0 Å². The van der Waals surface area contributed by atoms with E-state index < -0.39 is 0 Å². The first kappa shape index (κ1) is 10.3. The average molecular weight is 181 g/mol. The molecule has 0 bridgehead atoms. The summed E-state index contributed by atoms with van der Waals surface area (Å²) in [5.41, 5.74) is 6.29. The molecule has 2 nitrogen and oxygen atoms in total. The SMILES string of the molecule is CC(C)(C)CC(N)Cc1ccco1. The first-order valence-corrected chi connectivity index (χ1v) is 4.75. The van der Waals surface area contributed by atoms with E-state index in [4.69, 9.17) is 10.2 Å². The lowest BCUT2D eigenvalue weighted by Gasteiger charge is -2.22. The summed E-state index contributed by atoms with van der Waals surface area (Å²) in [5, 5.41) is 0. The second kappa shape index (κ2) is 3.97. The molecule has 0 radical (unpaired) electrons. The minimum Gasteiger partial charge on any atom is -0.469 e. The van der Waals surface area contributed by atoms with Crippen molar-refractivity contribution in [3.8, 4) is 0 Å². The minimum atomic E-state index is 0.200. The van der Waals surface area contributed by atoms with Gasteiger partial charge in [0.2, 0.25) is 0 Å². The molecule has 2 N–H and O–H groups in total. The first-order chi connectivity index (χ1) is 5.97. The number of rotatable bonds is 3. The van der Waals surface area contributed by atoms with Crippen LogP contribution in [0.25, 0.3) is 0 Å². The summed E-state index contributed by atoms with van der Waals surface area (Å²) in [4.78, 5) is 0. The molecule has 13 heavy (non-hydrogen) atoms. The van der Waals surface area contributed by atoms with Crippen molar-refractivity contribution < 1.29 is 4.42 Å². The molecule has 1 atom stereocenters. The number of hydrogen-bond acceptors (Lipinski definition) is 2. The van der Waals surface area contributed by atoms with Gasteiger partial charge in [0.15, 0.2) is 0 Å². The second-order valence-corrected chi connectivity index (χ2v) is 4.81. The Labute approximate surface area is 80.1 Å². The maximum absolute atomic E-state index is 5.99. The Morgan fingerprint density at radius 3 is 2.62 bits per heavy atom. The fourth-order valence-electron chi connectivity index (χ4n) is 1.55. The third-order valence-corrected chi connectivity index (χ3v) is 1.92. The van der Waals surface area contributed by atoms with Crippen LogP contribution in [0.2, 0.25) is 0 Å². The van der Waals surface area contributed by atoms with Crippen molar-refractivity contribution in [2.45, 2.75) is 39.7 Å². The van der Waals surface area contributed by atoms with Crippen LogP contribution in [0, 0.1) is 5.41 Å². The van der Waals surface area contributed by atoms with Crippen LogP contribution in [0.5, 0.6) is 0 Å². The highest BCUT2D eigenvalue weighted by Crippen LogP contribution is 2.21. The lowest BCUT2D eigenvalue weighted by molar-refractivity contribution is 0.329. The zero-order valence-corrected chi connectivity index (χ0v) is 8.71. The van der Waals surface area contributed by atoms with E-state index in [1.807, 2.05) is 12.1 Å². The van der Waals surface area contributed by atoms with Crippen LogP contribution in [0.15, 0.2) is 22.8 Å². The zero-order valence-electron chi connectivity index (χ0n) is 8.71. The van der Waals surface area contributed by atoms with Gasteiger partial charge >= 0.3 is 0 Å². The third kappa shape index (κ3) is 4.13. The monoisotopic (exact) mass is 181 g/mol. The zero-order chi connectivity index (χ0) is 9.90. The van der Waals surface area contributed by atoms with Crippen molar-refractivity contribution in [2.75, 3.05) is 0 Å². The molecule has 0 amide bonds. The van der Waals surface area contributed by atoms with Crippen LogP contribution in [-0.2, 0) is 6.42 Å². The van der Waals surface area contributed by atoms with Crippen LogP contribution in [0.4, 0.5) is 0 Å². The highest BCUT2D eigenvalue weighted by atomic mass is 16.3. The van der Waals surface area contributed by atoms with E-state index in [9.17, 15) is 0 Å². The molecule has 1 unspecified atom stereocenters. The first-order valence-electron chi connectivity index (χ1n) is 4.75. The lowest BCUT2D eigenvalue weighted by atomic mass is 9.87. The van der Waals surface area contributed by atoms with E-state index >= 15 is 0 Å². The van der Waals surface area contributed by atoms with Gasteiger partial charge in [-0.1, -0.05) is 20.8 Å². The van der Waals surface area contributed by atoms with E-state index in [2.05, 4.69) is 20.8 Å². The van der Waals surface area contributed by atoms with Gasteiger partial charge in [-0.3, -0.25) is 0 Å². The van der Waals surface area contributed by atoms with Crippen LogP contribution in [-0.4, -0.2) is 6.04 Å². The maximum Gasteiger partial charge on any atom is 0.105 e. The van der Waals surface area contributed by atoms with Gasteiger partial charge in [-0.15, -0.1) is 0 Å². The van der Waals surface area contributed by atoms with Gasteiger partial charge in [-0.2, -0.15) is 0 Å². The Bertz CT molecular complexity index is 233. The number of furan rings is 1. The summed E-state index contributed by atoms with van der Waals surface area (Å²) in [6, 6.07) is 4.08. The summed E-state index contributed by atoms with van der Waals surface area (Å²) >= 11 is 0. The average Bonchev–Trinajstić information content (AvgIpc) is 2.34. The van der Waals surface area contributed by atoms with Crippen molar-refractivity contribution in [3.63, 3.8) is 0 Å². The second-order valence-electron chi connectivity index (χ2n) is 4.81. The summed E-state index contributed by atoms with van der Waals surface area (Å²) in [6.45, 7) is 6.61. The molecule has 1 heterocycles. The quantitative estimate of drug-likeness (QED) is 0.778. The predicted octanol–water partition coefficient (Wildman–Crippen LogP) is 2.59. The van der Waals surface area contributed by atoms with Gasteiger partial charge in [0.05, 0.1) is 6.26 Å². The van der Waals surface area contributed by atoms with Gasteiger partial charge in [0, 0.05) is 12.5 Å². The maximum atomic E-state index is 5.99. The molecule has 1 aromatic heterocycles. The van der Waals surface area contributed by atoms with Crippen LogP contribution < -0.4 is 5.73 Å². The molecule has 0 saturated heterocycles. The largest absolute Gasteiger partial charge is 0.469 e. The molecule has 0 fully saturated rings. The topological polar surface area (TPSA) is 39.2 Å². The van der Waals surface area contributed by atoms with Crippen LogP contribution in [0.3, 0.4) is 0 Å². The molecular formula is C11H19NO. The van der Waals surface area contributed by atoms with Crippen molar-refractivity contribution in [2.24, 2.45) is 11.1 Å². The standard InChI is InChI=1S/C11H19NO/c1-11(2,3)8-9(12)7-10-5-4-6-13-10/h4-6,9H,7-8,12H2,1-3H3. The van der Waals surface area contributed by atoms with Crippen molar-refractivity contribution in [3.05, 3.63) is 24.2 Å². The van der Waals surface area contributed by atoms with Gasteiger partial charge in [-0.25, -0.2) is 0 Å². The normalized spacial score (nSPS) is 14.5. The molecule has 0 aliphatic carbocycles. The van der Waals surface area contributed by atoms with Crippen molar-refractivity contribution >= 4 is 0 Å². The van der Waals surface area contributed by atoms with E-state index in [-0.39, 0.29) is 6.04 Å². The Balaban J connectivity index is 2.38. The van der Waals surface area contributed by atoms with Gasteiger partial charge < -0.3 is 10.2 Å². The smallest absolute Gasteiger partial charge is 0.105 e. The van der Waals surface area contributed by atoms with Crippen LogP contribution >= 0.6 is 0 Å². The molecule has 1 rings (SSSR count). The van der Waals surface area contributed by atoms with E-state index in [1.54, 1.807) is 6.26 Å².